The Morgan fingerprint density at radius 2 is 2.44 bits per heavy atom. The van der Waals surface area contributed by atoms with Gasteiger partial charge in [-0.25, -0.2) is 4.42 Å². The molecular weight excluding hydrogens is 142 g/mol. The summed E-state index contributed by atoms with van der Waals surface area (Å²) in [5.74, 6) is -0.817. The van der Waals surface area contributed by atoms with Gasteiger partial charge >= 0.3 is 5.97 Å². The van der Waals surface area contributed by atoms with Crippen LogP contribution in [0.3, 0.4) is 0 Å². The molecule has 4 heteroatoms. The molecule has 0 radical (unpaired) electrons. The lowest BCUT2D eigenvalue weighted by Crippen LogP contribution is -2.28. The zero-order valence-electron chi connectivity index (χ0n) is 4.88. The highest BCUT2D eigenvalue weighted by molar-refractivity contribution is 6.14. The standard InChI is InChI=1S/C5H8ClNO2/c6-7-3-1-2-4(7)5(8)9/h4H,1-3H2,(H,8,9). The van der Waals surface area contributed by atoms with E-state index in [0.717, 1.165) is 6.42 Å². The summed E-state index contributed by atoms with van der Waals surface area (Å²) in [6, 6.07) is -0.452. The van der Waals surface area contributed by atoms with Crippen molar-refractivity contribution in [3.63, 3.8) is 0 Å². The minimum absolute atomic E-state index is 0.452. The molecule has 0 aromatic heterocycles. The summed E-state index contributed by atoms with van der Waals surface area (Å²) in [6.45, 7) is 0.693. The molecule has 0 saturated carbocycles. The Hall–Kier alpha value is -0.280. The molecule has 1 aliphatic rings. The fourth-order valence-electron chi connectivity index (χ4n) is 0.975. The number of carboxylic acids is 1. The fourth-order valence-corrected chi connectivity index (χ4v) is 1.28. The molecule has 1 saturated heterocycles. The molecule has 1 rings (SSSR count). The number of carbonyl (C=O) groups is 1. The summed E-state index contributed by atoms with van der Waals surface area (Å²) in [6.07, 6.45) is 1.57. The predicted molar refractivity (Wildman–Crippen MR) is 33.2 cm³/mol. The Morgan fingerprint density at radius 3 is 2.67 bits per heavy atom. The van der Waals surface area contributed by atoms with Crippen LogP contribution in [0.25, 0.3) is 0 Å². The van der Waals surface area contributed by atoms with Gasteiger partial charge in [0.1, 0.15) is 6.04 Å². The molecule has 3 nitrogen and oxygen atoms in total. The third-order valence-corrected chi connectivity index (χ3v) is 1.88. The Labute approximate surface area is 58.3 Å². The van der Waals surface area contributed by atoms with E-state index in [-0.39, 0.29) is 0 Å². The van der Waals surface area contributed by atoms with Gasteiger partial charge in [0.25, 0.3) is 0 Å². The fraction of sp³-hybridized carbons (Fsp3) is 0.800. The van der Waals surface area contributed by atoms with Crippen LogP contribution in [0.5, 0.6) is 0 Å². The van der Waals surface area contributed by atoms with Gasteiger partial charge in [0.15, 0.2) is 0 Å². The second-order valence-corrected chi connectivity index (χ2v) is 2.55. The van der Waals surface area contributed by atoms with Gasteiger partial charge < -0.3 is 5.11 Å². The van der Waals surface area contributed by atoms with Crippen LogP contribution in [-0.2, 0) is 4.79 Å². The zero-order valence-corrected chi connectivity index (χ0v) is 5.64. The average molecular weight is 150 g/mol. The average Bonchev–Trinajstić information content (AvgIpc) is 2.13. The maximum atomic E-state index is 10.3. The van der Waals surface area contributed by atoms with Crippen LogP contribution in [0, 0.1) is 0 Å². The quantitative estimate of drug-likeness (QED) is 0.558. The number of rotatable bonds is 1. The summed E-state index contributed by atoms with van der Waals surface area (Å²) in [5.41, 5.74) is 0. The van der Waals surface area contributed by atoms with Gasteiger partial charge in [0, 0.05) is 6.54 Å². The first-order valence-electron chi connectivity index (χ1n) is 2.87. The maximum Gasteiger partial charge on any atom is 0.322 e. The van der Waals surface area contributed by atoms with E-state index >= 15 is 0 Å². The number of halogens is 1. The zero-order chi connectivity index (χ0) is 6.85. The van der Waals surface area contributed by atoms with E-state index < -0.39 is 12.0 Å². The van der Waals surface area contributed by atoms with E-state index in [1.807, 2.05) is 0 Å². The highest BCUT2D eigenvalue weighted by atomic mass is 35.5. The lowest BCUT2D eigenvalue weighted by molar-refractivity contribution is -0.140. The minimum atomic E-state index is -0.817. The molecular formula is C5H8ClNO2. The lowest BCUT2D eigenvalue weighted by Gasteiger charge is -2.09. The van der Waals surface area contributed by atoms with E-state index in [9.17, 15) is 4.79 Å². The van der Waals surface area contributed by atoms with E-state index in [4.69, 9.17) is 16.9 Å². The normalized spacial score (nSPS) is 28.8. The third-order valence-electron chi connectivity index (χ3n) is 1.47. The number of carboxylic acid groups (broad SMARTS) is 1. The van der Waals surface area contributed by atoms with E-state index in [0.29, 0.717) is 13.0 Å². The molecule has 0 amide bonds. The summed E-state index contributed by atoms with van der Waals surface area (Å²) in [7, 11) is 0. The molecule has 52 valence electrons. The SMILES string of the molecule is O=C(O)C1CCCN1Cl. The van der Waals surface area contributed by atoms with Gasteiger partial charge in [-0.3, -0.25) is 4.79 Å². The first kappa shape index (κ1) is 6.83. The van der Waals surface area contributed by atoms with Crippen molar-refractivity contribution >= 4 is 17.7 Å². The van der Waals surface area contributed by atoms with Crippen molar-refractivity contribution < 1.29 is 9.90 Å². The molecule has 1 heterocycles. The second-order valence-electron chi connectivity index (χ2n) is 2.12. The summed E-state index contributed by atoms with van der Waals surface area (Å²) in [4.78, 5) is 10.3. The molecule has 0 aromatic rings. The van der Waals surface area contributed by atoms with E-state index in [1.165, 1.54) is 4.42 Å². The van der Waals surface area contributed by atoms with Gasteiger partial charge in [-0.15, -0.1) is 0 Å². The number of hydrogen-bond acceptors (Lipinski definition) is 2. The van der Waals surface area contributed by atoms with Gasteiger partial charge in [0.2, 0.25) is 0 Å². The molecule has 1 fully saturated rings. The first-order valence-corrected chi connectivity index (χ1v) is 3.21. The van der Waals surface area contributed by atoms with Crippen molar-refractivity contribution in [2.24, 2.45) is 0 Å². The predicted octanol–water partition coefficient (Wildman–Crippen LogP) is 0.689. The van der Waals surface area contributed by atoms with Crippen LogP contribution < -0.4 is 0 Å². The van der Waals surface area contributed by atoms with Crippen LogP contribution in [0.1, 0.15) is 12.8 Å². The summed E-state index contributed by atoms with van der Waals surface area (Å²) in [5, 5.41) is 8.46. The smallest absolute Gasteiger partial charge is 0.322 e. The summed E-state index contributed by atoms with van der Waals surface area (Å²) < 4.78 is 1.35. The molecule has 0 bridgehead atoms. The Bertz CT molecular complexity index is 128. The minimum Gasteiger partial charge on any atom is -0.480 e. The molecule has 0 spiro atoms. The van der Waals surface area contributed by atoms with Crippen LogP contribution >= 0.6 is 11.8 Å². The van der Waals surface area contributed by atoms with Crippen LogP contribution in [0.2, 0.25) is 0 Å². The molecule has 0 aliphatic carbocycles. The van der Waals surface area contributed by atoms with Gasteiger partial charge in [-0.1, -0.05) is 0 Å². The first-order chi connectivity index (χ1) is 4.22. The number of aliphatic carboxylic acids is 1. The van der Waals surface area contributed by atoms with Gasteiger partial charge in [-0.05, 0) is 24.6 Å². The van der Waals surface area contributed by atoms with Crippen molar-refractivity contribution in [2.45, 2.75) is 18.9 Å². The maximum absolute atomic E-state index is 10.3. The third kappa shape index (κ3) is 1.34. The van der Waals surface area contributed by atoms with E-state index in [1.54, 1.807) is 0 Å². The van der Waals surface area contributed by atoms with Crippen molar-refractivity contribution in [2.75, 3.05) is 6.54 Å². The van der Waals surface area contributed by atoms with Gasteiger partial charge in [0.05, 0.1) is 0 Å². The Kier molecular flexibility index (Phi) is 1.93. The highest BCUT2D eigenvalue weighted by Crippen LogP contribution is 2.18. The molecule has 1 atom stereocenters. The molecule has 9 heavy (non-hydrogen) atoms. The highest BCUT2D eigenvalue weighted by Gasteiger charge is 2.28. The number of hydrogen-bond donors (Lipinski definition) is 1. The van der Waals surface area contributed by atoms with Crippen molar-refractivity contribution in [1.29, 1.82) is 0 Å². The molecule has 0 aromatic carbocycles. The Morgan fingerprint density at radius 1 is 1.78 bits per heavy atom. The topological polar surface area (TPSA) is 40.5 Å². The van der Waals surface area contributed by atoms with Crippen LogP contribution in [0.15, 0.2) is 0 Å². The second kappa shape index (κ2) is 2.54. The van der Waals surface area contributed by atoms with Crippen molar-refractivity contribution in [1.82, 2.24) is 4.42 Å². The Balaban J connectivity index is 2.49. The van der Waals surface area contributed by atoms with E-state index in [2.05, 4.69) is 0 Å². The van der Waals surface area contributed by atoms with Crippen molar-refractivity contribution in [3.8, 4) is 0 Å². The van der Waals surface area contributed by atoms with Crippen LogP contribution in [-0.4, -0.2) is 28.1 Å². The monoisotopic (exact) mass is 149 g/mol. The van der Waals surface area contributed by atoms with Gasteiger partial charge in [-0.2, -0.15) is 0 Å². The molecule has 1 unspecified atom stereocenters. The summed E-state index contributed by atoms with van der Waals surface area (Å²) >= 11 is 5.53. The number of nitrogens with zero attached hydrogens (tertiary/aromatic N) is 1. The van der Waals surface area contributed by atoms with Crippen LogP contribution in [0.4, 0.5) is 0 Å². The largest absolute Gasteiger partial charge is 0.480 e. The molecule has 1 N–H and O–H groups in total. The lowest BCUT2D eigenvalue weighted by atomic mass is 10.2. The molecule has 1 aliphatic heterocycles. The van der Waals surface area contributed by atoms with Crippen molar-refractivity contribution in [3.05, 3.63) is 0 Å².